The Bertz CT molecular complexity index is 815. The molecule has 128 valence electrons. The average molecular weight is 346 g/mol. The Hall–Kier alpha value is -1.99. The molecule has 0 aliphatic carbocycles. The van der Waals surface area contributed by atoms with E-state index in [9.17, 15) is 8.42 Å². The van der Waals surface area contributed by atoms with Crippen LogP contribution in [-0.4, -0.2) is 54.6 Å². The van der Waals surface area contributed by atoms with E-state index in [0.29, 0.717) is 26.2 Å². The van der Waals surface area contributed by atoms with Gasteiger partial charge in [0, 0.05) is 37.8 Å². The van der Waals surface area contributed by atoms with Gasteiger partial charge < -0.3 is 4.90 Å². The first-order chi connectivity index (χ1) is 11.5. The van der Waals surface area contributed by atoms with E-state index < -0.39 is 10.0 Å². The third-order valence-electron chi connectivity index (χ3n) is 4.29. The summed E-state index contributed by atoms with van der Waals surface area (Å²) in [7, 11) is -3.11. The molecule has 1 aromatic heterocycles. The topological polar surface area (TPSA) is 66.4 Å². The molecule has 0 atom stereocenters. The minimum Gasteiger partial charge on any atom is -0.354 e. The number of aryl methyl sites for hydroxylation is 1. The molecular weight excluding hydrogens is 324 g/mol. The predicted molar refractivity (Wildman–Crippen MR) is 95.5 cm³/mol. The molecule has 0 amide bonds. The van der Waals surface area contributed by atoms with Crippen LogP contribution in [0.4, 0.5) is 5.82 Å². The fraction of sp³-hybridized carbons (Fsp3) is 0.412. The molecule has 2 aromatic rings. The van der Waals surface area contributed by atoms with Gasteiger partial charge in [-0.2, -0.15) is 4.31 Å². The molecule has 3 rings (SSSR count). The minimum atomic E-state index is -3.11. The van der Waals surface area contributed by atoms with Crippen LogP contribution in [0.5, 0.6) is 0 Å². The molecule has 7 heteroatoms. The highest BCUT2D eigenvalue weighted by molar-refractivity contribution is 7.89. The lowest BCUT2D eigenvalue weighted by molar-refractivity contribution is 0.384. The third-order valence-corrected chi connectivity index (χ3v) is 6.17. The molecular formula is C17H22N4O2S. The first-order valence-electron chi connectivity index (χ1n) is 8.11. The Morgan fingerprint density at radius 2 is 1.83 bits per heavy atom. The quantitative estimate of drug-likeness (QED) is 0.846. The SMILES string of the molecule is CCS(=O)(=O)N1CCN(c2cc(-c3cccc(C)c3)ncn2)CC1. The van der Waals surface area contributed by atoms with Crippen molar-refractivity contribution in [2.45, 2.75) is 13.8 Å². The number of hydrogen-bond donors (Lipinski definition) is 0. The standard InChI is InChI=1S/C17H22N4O2S/c1-3-24(22,23)21-9-7-20(8-10-21)17-12-16(18-13-19-17)15-6-4-5-14(2)11-15/h4-6,11-13H,3,7-10H2,1-2H3. The molecule has 1 aliphatic heterocycles. The lowest BCUT2D eigenvalue weighted by atomic mass is 10.1. The smallest absolute Gasteiger partial charge is 0.213 e. The first-order valence-corrected chi connectivity index (χ1v) is 9.72. The molecule has 24 heavy (non-hydrogen) atoms. The zero-order valence-corrected chi connectivity index (χ0v) is 14.8. The number of sulfonamides is 1. The summed E-state index contributed by atoms with van der Waals surface area (Å²) in [4.78, 5) is 10.8. The Kier molecular flexibility index (Phi) is 4.82. The molecule has 2 heterocycles. The second-order valence-electron chi connectivity index (χ2n) is 5.92. The molecule has 1 fully saturated rings. The number of nitrogens with zero attached hydrogens (tertiary/aromatic N) is 4. The molecule has 1 aromatic carbocycles. The van der Waals surface area contributed by atoms with Crippen molar-refractivity contribution in [2.24, 2.45) is 0 Å². The summed E-state index contributed by atoms with van der Waals surface area (Å²) in [6.45, 7) is 6.02. The van der Waals surface area contributed by atoms with Crippen molar-refractivity contribution < 1.29 is 8.42 Å². The highest BCUT2D eigenvalue weighted by Crippen LogP contribution is 2.22. The molecule has 0 N–H and O–H groups in total. The highest BCUT2D eigenvalue weighted by Gasteiger charge is 2.26. The molecule has 0 spiro atoms. The van der Waals surface area contributed by atoms with Crippen molar-refractivity contribution in [3.05, 3.63) is 42.2 Å². The highest BCUT2D eigenvalue weighted by atomic mass is 32.2. The van der Waals surface area contributed by atoms with E-state index in [2.05, 4.69) is 33.9 Å². The van der Waals surface area contributed by atoms with E-state index in [1.54, 1.807) is 17.6 Å². The van der Waals surface area contributed by atoms with Crippen molar-refractivity contribution in [2.75, 3.05) is 36.8 Å². The van der Waals surface area contributed by atoms with Crippen LogP contribution >= 0.6 is 0 Å². The maximum Gasteiger partial charge on any atom is 0.213 e. The molecule has 0 saturated carbocycles. The lowest BCUT2D eigenvalue weighted by Gasteiger charge is -2.34. The van der Waals surface area contributed by atoms with Crippen LogP contribution in [0.25, 0.3) is 11.3 Å². The molecule has 1 aliphatic rings. The van der Waals surface area contributed by atoms with Crippen LogP contribution in [-0.2, 0) is 10.0 Å². The van der Waals surface area contributed by atoms with Gasteiger partial charge in [0.15, 0.2) is 0 Å². The molecule has 0 bridgehead atoms. The zero-order chi connectivity index (χ0) is 17.2. The summed E-state index contributed by atoms with van der Waals surface area (Å²) in [6.07, 6.45) is 1.57. The Balaban J connectivity index is 1.76. The number of anilines is 1. The molecule has 0 unspecified atom stereocenters. The second kappa shape index (κ2) is 6.86. The summed E-state index contributed by atoms with van der Waals surface area (Å²) in [5.41, 5.74) is 3.13. The van der Waals surface area contributed by atoms with Gasteiger partial charge in [-0.1, -0.05) is 23.8 Å². The van der Waals surface area contributed by atoms with Crippen LogP contribution in [0.1, 0.15) is 12.5 Å². The maximum atomic E-state index is 12.0. The molecule has 0 radical (unpaired) electrons. The van der Waals surface area contributed by atoms with Gasteiger partial charge in [0.1, 0.15) is 12.1 Å². The molecule has 6 nitrogen and oxygen atoms in total. The van der Waals surface area contributed by atoms with Crippen molar-refractivity contribution in [3.63, 3.8) is 0 Å². The van der Waals surface area contributed by atoms with Gasteiger partial charge >= 0.3 is 0 Å². The van der Waals surface area contributed by atoms with Crippen LogP contribution in [0.3, 0.4) is 0 Å². The van der Waals surface area contributed by atoms with Gasteiger partial charge in [-0.15, -0.1) is 0 Å². The van der Waals surface area contributed by atoms with E-state index in [1.165, 1.54) is 5.56 Å². The maximum absolute atomic E-state index is 12.0. The van der Waals surface area contributed by atoms with Gasteiger partial charge in [-0.05, 0) is 19.9 Å². The first kappa shape index (κ1) is 16.9. The largest absolute Gasteiger partial charge is 0.354 e. The fourth-order valence-electron chi connectivity index (χ4n) is 2.86. The molecule has 1 saturated heterocycles. The van der Waals surface area contributed by atoms with Crippen molar-refractivity contribution in [1.29, 1.82) is 0 Å². The number of rotatable bonds is 4. The van der Waals surface area contributed by atoms with Crippen molar-refractivity contribution in [3.8, 4) is 11.3 Å². The van der Waals surface area contributed by atoms with Crippen LogP contribution < -0.4 is 4.90 Å². The minimum absolute atomic E-state index is 0.151. The van der Waals surface area contributed by atoms with Gasteiger partial charge in [0.25, 0.3) is 0 Å². The van der Waals surface area contributed by atoms with Crippen LogP contribution in [0.2, 0.25) is 0 Å². The second-order valence-corrected chi connectivity index (χ2v) is 8.18. The Labute approximate surface area is 143 Å². The summed E-state index contributed by atoms with van der Waals surface area (Å²) in [5, 5.41) is 0. The Morgan fingerprint density at radius 3 is 2.50 bits per heavy atom. The summed E-state index contributed by atoms with van der Waals surface area (Å²) in [5.74, 6) is 0.993. The number of benzene rings is 1. The van der Waals surface area contributed by atoms with E-state index in [-0.39, 0.29) is 5.75 Å². The van der Waals surface area contributed by atoms with Crippen LogP contribution in [0, 0.1) is 6.92 Å². The average Bonchev–Trinajstić information content (AvgIpc) is 2.62. The number of piperazine rings is 1. The number of hydrogen-bond acceptors (Lipinski definition) is 5. The van der Waals surface area contributed by atoms with Gasteiger partial charge in [-0.25, -0.2) is 18.4 Å². The predicted octanol–water partition coefficient (Wildman–Crippen LogP) is 1.92. The van der Waals surface area contributed by atoms with Crippen molar-refractivity contribution >= 4 is 15.8 Å². The van der Waals surface area contributed by atoms with E-state index >= 15 is 0 Å². The van der Waals surface area contributed by atoms with E-state index in [0.717, 1.165) is 17.1 Å². The lowest BCUT2D eigenvalue weighted by Crippen LogP contribution is -2.49. The third kappa shape index (κ3) is 3.57. The van der Waals surface area contributed by atoms with E-state index in [4.69, 9.17) is 0 Å². The summed E-state index contributed by atoms with van der Waals surface area (Å²) >= 11 is 0. The van der Waals surface area contributed by atoms with Crippen LogP contribution in [0.15, 0.2) is 36.7 Å². The van der Waals surface area contributed by atoms with Gasteiger partial charge in [0.05, 0.1) is 11.4 Å². The van der Waals surface area contributed by atoms with Gasteiger partial charge in [-0.3, -0.25) is 0 Å². The van der Waals surface area contributed by atoms with E-state index in [1.807, 2.05) is 18.2 Å². The monoisotopic (exact) mass is 346 g/mol. The number of aromatic nitrogens is 2. The zero-order valence-electron chi connectivity index (χ0n) is 14.0. The summed E-state index contributed by atoms with van der Waals surface area (Å²) < 4.78 is 25.5. The fourth-order valence-corrected chi connectivity index (χ4v) is 3.94. The summed E-state index contributed by atoms with van der Waals surface area (Å²) in [6, 6.07) is 10.2. The van der Waals surface area contributed by atoms with Gasteiger partial charge in [0.2, 0.25) is 10.0 Å². The Morgan fingerprint density at radius 1 is 1.08 bits per heavy atom. The normalized spacial score (nSPS) is 16.3. The van der Waals surface area contributed by atoms with Crippen molar-refractivity contribution in [1.82, 2.24) is 14.3 Å².